The highest BCUT2D eigenvalue weighted by atomic mass is 32.2. The largest absolute Gasteiger partial charge is 0.495 e. The van der Waals surface area contributed by atoms with Gasteiger partial charge in [-0.15, -0.1) is 0 Å². The third-order valence-electron chi connectivity index (χ3n) is 6.09. The number of ether oxygens (including phenoxy) is 1. The zero-order valence-corrected chi connectivity index (χ0v) is 20.5. The number of methoxy groups -OCH3 is 1. The van der Waals surface area contributed by atoms with Gasteiger partial charge in [0, 0.05) is 5.56 Å². The second-order valence-corrected chi connectivity index (χ2v) is 12.5. The summed E-state index contributed by atoms with van der Waals surface area (Å²) in [6.45, 7) is 6.93. The Labute approximate surface area is 191 Å². The van der Waals surface area contributed by atoms with Crippen molar-refractivity contribution in [2.45, 2.75) is 74.7 Å². The van der Waals surface area contributed by atoms with Crippen molar-refractivity contribution in [3.63, 3.8) is 0 Å². The minimum atomic E-state index is -3.68. The van der Waals surface area contributed by atoms with Crippen LogP contribution in [0.15, 0.2) is 23.1 Å². The van der Waals surface area contributed by atoms with Crippen LogP contribution in [0.25, 0.3) is 16.2 Å². The zero-order valence-electron chi connectivity index (χ0n) is 18.9. The number of aliphatic hydroxyl groups is 2. The number of rotatable bonds is 5. The second-order valence-electron chi connectivity index (χ2n) is 9.31. The van der Waals surface area contributed by atoms with Crippen LogP contribution in [-0.2, 0) is 15.4 Å². The minimum absolute atomic E-state index is 0.135. The van der Waals surface area contributed by atoms with Gasteiger partial charge in [0.25, 0.3) is 0 Å². The summed E-state index contributed by atoms with van der Waals surface area (Å²) in [4.78, 5) is 5.33. The van der Waals surface area contributed by atoms with Gasteiger partial charge in [-0.25, -0.2) is 17.9 Å². The maximum absolute atomic E-state index is 13.6. The van der Waals surface area contributed by atoms with Crippen molar-refractivity contribution in [2.24, 2.45) is 0 Å². The molecule has 2 N–H and O–H groups in total. The summed E-state index contributed by atoms with van der Waals surface area (Å²) in [6.07, 6.45) is 1.69. The lowest BCUT2D eigenvalue weighted by Crippen LogP contribution is -2.36. The van der Waals surface area contributed by atoms with E-state index in [4.69, 9.17) is 4.74 Å². The van der Waals surface area contributed by atoms with Gasteiger partial charge in [0.05, 0.1) is 29.3 Å². The molecule has 1 fully saturated rings. The van der Waals surface area contributed by atoms with Gasteiger partial charge in [0.1, 0.15) is 21.3 Å². The number of aryl methyl sites for hydroxylation is 1. The van der Waals surface area contributed by atoms with E-state index < -0.39 is 26.3 Å². The summed E-state index contributed by atoms with van der Waals surface area (Å²) in [5.41, 5.74) is 0.129. The molecule has 174 valence electrons. The molecule has 0 saturated heterocycles. The molecule has 10 heteroatoms. The Hall–Kier alpha value is -2.01. The fourth-order valence-corrected chi connectivity index (χ4v) is 7.06. The summed E-state index contributed by atoms with van der Waals surface area (Å²) < 4.78 is 34.2. The molecule has 4 rings (SSSR count). The Morgan fingerprint density at radius 2 is 1.94 bits per heavy atom. The van der Waals surface area contributed by atoms with E-state index in [0.29, 0.717) is 58.4 Å². The number of hydrogen-bond donors (Lipinski definition) is 2. The summed E-state index contributed by atoms with van der Waals surface area (Å²) in [5.74, 6) is 0.292. The summed E-state index contributed by atoms with van der Waals surface area (Å²) in [7, 11) is -2.22. The average Bonchev–Trinajstić information content (AvgIpc) is 3.24. The van der Waals surface area contributed by atoms with Crippen molar-refractivity contribution in [2.75, 3.05) is 7.11 Å². The van der Waals surface area contributed by atoms with Crippen molar-refractivity contribution in [1.82, 2.24) is 14.6 Å². The van der Waals surface area contributed by atoms with E-state index in [1.807, 2.05) is 6.92 Å². The average molecular weight is 480 g/mol. The highest BCUT2D eigenvalue weighted by Gasteiger charge is 2.38. The van der Waals surface area contributed by atoms with E-state index in [2.05, 4.69) is 10.1 Å². The first kappa shape index (κ1) is 23.2. The van der Waals surface area contributed by atoms with Crippen LogP contribution in [0.3, 0.4) is 0 Å². The first-order chi connectivity index (χ1) is 14.8. The molecule has 1 aromatic carbocycles. The molecular weight excluding hydrogens is 450 g/mol. The summed E-state index contributed by atoms with van der Waals surface area (Å²) >= 11 is 1.30. The molecule has 1 aliphatic rings. The lowest BCUT2D eigenvalue weighted by atomic mass is 9.86. The normalized spacial score (nSPS) is 22.4. The van der Waals surface area contributed by atoms with Crippen LogP contribution in [0.2, 0.25) is 0 Å². The molecule has 2 aromatic heterocycles. The fourth-order valence-electron chi connectivity index (χ4n) is 4.18. The Bertz CT molecular complexity index is 1260. The summed E-state index contributed by atoms with van der Waals surface area (Å²) in [6, 6.07) is 5.08. The number of aromatic nitrogens is 3. The van der Waals surface area contributed by atoms with Gasteiger partial charge >= 0.3 is 0 Å². The SMILES string of the molecule is COc1ccc(-c2c(C)nc3sc(C(C)(C)O)nn23)cc1S(=O)(=O)[C@H]1CC[C@](C)(O)CC1. The molecule has 0 spiro atoms. The molecule has 0 aliphatic heterocycles. The highest BCUT2D eigenvalue weighted by Crippen LogP contribution is 2.39. The molecule has 2 heterocycles. The van der Waals surface area contributed by atoms with Crippen molar-refractivity contribution in [3.8, 4) is 17.0 Å². The number of sulfone groups is 1. The van der Waals surface area contributed by atoms with E-state index in [0.717, 1.165) is 0 Å². The molecule has 32 heavy (non-hydrogen) atoms. The van der Waals surface area contributed by atoms with E-state index in [1.165, 1.54) is 18.4 Å². The molecule has 1 aliphatic carbocycles. The van der Waals surface area contributed by atoms with Gasteiger partial charge < -0.3 is 14.9 Å². The number of hydrogen-bond acceptors (Lipinski definition) is 8. The first-order valence-electron chi connectivity index (χ1n) is 10.6. The Morgan fingerprint density at radius 3 is 2.53 bits per heavy atom. The van der Waals surface area contributed by atoms with Crippen LogP contribution in [0.4, 0.5) is 0 Å². The van der Waals surface area contributed by atoms with Gasteiger partial charge in [-0.3, -0.25) is 0 Å². The first-order valence-corrected chi connectivity index (χ1v) is 12.9. The quantitative estimate of drug-likeness (QED) is 0.576. The van der Waals surface area contributed by atoms with Crippen molar-refractivity contribution < 1.29 is 23.4 Å². The zero-order chi connectivity index (χ0) is 23.5. The fraction of sp³-hybridized carbons (Fsp3) is 0.545. The van der Waals surface area contributed by atoms with Gasteiger partial charge in [-0.05, 0) is 71.6 Å². The van der Waals surface area contributed by atoms with E-state index in [9.17, 15) is 18.6 Å². The van der Waals surface area contributed by atoms with Crippen molar-refractivity contribution in [1.29, 1.82) is 0 Å². The molecule has 8 nitrogen and oxygen atoms in total. The Kier molecular flexibility index (Phi) is 5.64. The smallest absolute Gasteiger partial charge is 0.213 e. The lowest BCUT2D eigenvalue weighted by molar-refractivity contribution is 0.0234. The standard InChI is InChI=1S/C22H29N3O5S2/c1-13-18(25-20(23-13)31-19(24-25)21(2,3)26)14-6-7-16(30-5)17(12-14)32(28,29)15-8-10-22(4,27)11-9-15/h6-7,12,15,26-27H,8-11H2,1-5H3/t15-,22-. The van der Waals surface area contributed by atoms with Crippen LogP contribution in [-0.4, -0.2) is 51.2 Å². The number of benzene rings is 1. The van der Waals surface area contributed by atoms with Crippen LogP contribution < -0.4 is 4.74 Å². The lowest BCUT2D eigenvalue weighted by Gasteiger charge is -2.32. The molecule has 0 bridgehead atoms. The summed E-state index contributed by atoms with van der Waals surface area (Å²) in [5, 5.41) is 25.1. The van der Waals surface area contributed by atoms with E-state index in [1.54, 1.807) is 43.5 Å². The maximum atomic E-state index is 13.6. The van der Waals surface area contributed by atoms with Crippen LogP contribution in [0.5, 0.6) is 5.75 Å². The predicted octanol–water partition coefficient (Wildman–Crippen LogP) is 3.47. The molecule has 1 saturated carbocycles. The van der Waals surface area contributed by atoms with Gasteiger partial charge in [0.15, 0.2) is 9.84 Å². The topological polar surface area (TPSA) is 114 Å². The molecule has 0 atom stereocenters. The Balaban J connectivity index is 1.81. The highest BCUT2D eigenvalue weighted by molar-refractivity contribution is 7.92. The van der Waals surface area contributed by atoms with Crippen LogP contribution in [0, 0.1) is 6.92 Å². The van der Waals surface area contributed by atoms with Crippen molar-refractivity contribution >= 4 is 26.1 Å². The molecular formula is C22H29N3O5S2. The van der Waals surface area contributed by atoms with Crippen molar-refractivity contribution in [3.05, 3.63) is 28.9 Å². The van der Waals surface area contributed by atoms with E-state index >= 15 is 0 Å². The Morgan fingerprint density at radius 1 is 1.28 bits per heavy atom. The molecule has 0 unspecified atom stereocenters. The third-order valence-corrected chi connectivity index (χ3v) is 9.60. The van der Waals surface area contributed by atoms with Gasteiger partial charge in [-0.1, -0.05) is 11.3 Å². The minimum Gasteiger partial charge on any atom is -0.495 e. The number of imidazole rings is 1. The van der Waals surface area contributed by atoms with Crippen LogP contribution >= 0.6 is 11.3 Å². The molecule has 0 amide bonds. The third kappa shape index (κ3) is 4.05. The number of nitrogens with zero attached hydrogens (tertiary/aromatic N) is 3. The molecule has 3 aromatic rings. The monoisotopic (exact) mass is 479 g/mol. The van der Waals surface area contributed by atoms with Gasteiger partial charge in [-0.2, -0.15) is 5.10 Å². The predicted molar refractivity (Wildman–Crippen MR) is 123 cm³/mol. The molecule has 0 radical (unpaired) electrons. The maximum Gasteiger partial charge on any atom is 0.213 e. The van der Waals surface area contributed by atoms with Crippen LogP contribution in [0.1, 0.15) is 57.2 Å². The second kappa shape index (κ2) is 7.79. The van der Waals surface area contributed by atoms with E-state index in [-0.39, 0.29) is 4.90 Å². The van der Waals surface area contributed by atoms with Gasteiger partial charge in [0.2, 0.25) is 4.96 Å². The number of fused-ring (bicyclic) bond motifs is 1.